The van der Waals surface area contributed by atoms with Crippen molar-refractivity contribution in [2.45, 2.75) is 19.9 Å². The van der Waals surface area contributed by atoms with Gasteiger partial charge in [0.25, 0.3) is 0 Å². The summed E-state index contributed by atoms with van der Waals surface area (Å²) in [5.41, 5.74) is 3.55. The van der Waals surface area contributed by atoms with E-state index in [-0.39, 0.29) is 5.82 Å². The molecule has 4 heteroatoms. The summed E-state index contributed by atoms with van der Waals surface area (Å²) in [4.78, 5) is 12.0. The molecule has 0 saturated carbocycles. The monoisotopic (exact) mass is 287 g/mol. The number of aryl methyl sites for hydroxylation is 2. The highest BCUT2D eigenvalue weighted by atomic mass is 19.1. The second-order valence-electron chi connectivity index (χ2n) is 4.95. The first kappa shape index (κ1) is 15.0. The highest BCUT2D eigenvalue weighted by Gasteiger charge is 2.21. The molecule has 2 aromatic carbocycles. The number of ether oxygens (including phenoxy) is 1. The van der Waals surface area contributed by atoms with Crippen molar-refractivity contribution in [2.75, 3.05) is 12.4 Å². The van der Waals surface area contributed by atoms with Gasteiger partial charge in [-0.05, 0) is 48.7 Å². The van der Waals surface area contributed by atoms with E-state index in [2.05, 4.69) is 5.32 Å². The van der Waals surface area contributed by atoms with Crippen LogP contribution in [0.25, 0.3) is 0 Å². The van der Waals surface area contributed by atoms with Gasteiger partial charge < -0.3 is 10.1 Å². The quantitative estimate of drug-likeness (QED) is 0.870. The highest BCUT2D eigenvalue weighted by Crippen LogP contribution is 2.23. The van der Waals surface area contributed by atoms with Crippen LogP contribution in [-0.4, -0.2) is 13.1 Å². The van der Waals surface area contributed by atoms with Crippen LogP contribution < -0.4 is 5.32 Å². The molecule has 0 amide bonds. The summed E-state index contributed by atoms with van der Waals surface area (Å²) in [6.45, 7) is 3.99. The summed E-state index contributed by atoms with van der Waals surface area (Å²) in [6.07, 6.45) is 0. The summed E-state index contributed by atoms with van der Waals surface area (Å²) >= 11 is 0. The van der Waals surface area contributed by atoms with Gasteiger partial charge in [-0.15, -0.1) is 0 Å². The number of esters is 1. The van der Waals surface area contributed by atoms with Crippen LogP contribution in [-0.2, 0) is 9.53 Å². The van der Waals surface area contributed by atoms with Crippen LogP contribution in [0.15, 0.2) is 42.5 Å². The second kappa shape index (κ2) is 6.39. The van der Waals surface area contributed by atoms with Crippen LogP contribution in [0.3, 0.4) is 0 Å². The van der Waals surface area contributed by atoms with Crippen LogP contribution >= 0.6 is 0 Å². The molecular weight excluding hydrogens is 269 g/mol. The first-order valence-electron chi connectivity index (χ1n) is 6.68. The fraction of sp³-hybridized carbons (Fsp3) is 0.235. The number of carbonyl (C=O) groups excluding carboxylic acids is 1. The SMILES string of the molecule is COC(=O)C(Nc1cccc(F)c1)c1ccc(C)c(C)c1. The van der Waals surface area contributed by atoms with Crippen molar-refractivity contribution >= 4 is 11.7 Å². The molecule has 0 aromatic heterocycles. The number of halogens is 1. The van der Waals surface area contributed by atoms with Crippen LogP contribution in [0.2, 0.25) is 0 Å². The summed E-state index contributed by atoms with van der Waals surface area (Å²) < 4.78 is 18.1. The van der Waals surface area contributed by atoms with E-state index < -0.39 is 12.0 Å². The van der Waals surface area contributed by atoms with Crippen molar-refractivity contribution in [2.24, 2.45) is 0 Å². The van der Waals surface area contributed by atoms with E-state index in [0.717, 1.165) is 16.7 Å². The van der Waals surface area contributed by atoms with E-state index in [4.69, 9.17) is 4.74 Å². The third kappa shape index (κ3) is 3.60. The van der Waals surface area contributed by atoms with Crippen molar-refractivity contribution < 1.29 is 13.9 Å². The molecule has 21 heavy (non-hydrogen) atoms. The van der Waals surface area contributed by atoms with Crippen LogP contribution in [0.5, 0.6) is 0 Å². The molecule has 0 aliphatic heterocycles. The highest BCUT2D eigenvalue weighted by molar-refractivity contribution is 5.81. The first-order chi connectivity index (χ1) is 10.0. The van der Waals surface area contributed by atoms with Gasteiger partial charge in [-0.2, -0.15) is 0 Å². The van der Waals surface area contributed by atoms with Gasteiger partial charge in [-0.25, -0.2) is 9.18 Å². The Balaban J connectivity index is 2.34. The Bertz CT molecular complexity index is 655. The third-order valence-electron chi connectivity index (χ3n) is 3.44. The maximum absolute atomic E-state index is 13.3. The maximum atomic E-state index is 13.3. The fourth-order valence-electron chi connectivity index (χ4n) is 2.09. The molecule has 110 valence electrons. The lowest BCUT2D eigenvalue weighted by molar-refractivity contribution is -0.141. The Kier molecular flexibility index (Phi) is 4.58. The number of carbonyl (C=O) groups is 1. The number of methoxy groups -OCH3 is 1. The lowest BCUT2D eigenvalue weighted by Crippen LogP contribution is -2.22. The normalized spacial score (nSPS) is 11.8. The number of hydrogen-bond donors (Lipinski definition) is 1. The van der Waals surface area contributed by atoms with Gasteiger partial charge in [-0.1, -0.05) is 24.3 Å². The molecule has 1 atom stereocenters. The lowest BCUT2D eigenvalue weighted by atomic mass is 10.0. The smallest absolute Gasteiger partial charge is 0.332 e. The van der Waals surface area contributed by atoms with Gasteiger partial charge in [-0.3, -0.25) is 0 Å². The molecule has 2 aromatic rings. The molecular formula is C17H18FNO2. The predicted molar refractivity (Wildman–Crippen MR) is 80.7 cm³/mol. The molecule has 0 heterocycles. The van der Waals surface area contributed by atoms with Gasteiger partial charge in [0.05, 0.1) is 7.11 Å². The summed E-state index contributed by atoms with van der Waals surface area (Å²) in [5.74, 6) is -0.772. The van der Waals surface area contributed by atoms with E-state index in [1.54, 1.807) is 12.1 Å². The van der Waals surface area contributed by atoms with Crippen LogP contribution in [0, 0.1) is 19.7 Å². The van der Waals surface area contributed by atoms with Crippen LogP contribution in [0.4, 0.5) is 10.1 Å². The Morgan fingerprint density at radius 1 is 1.14 bits per heavy atom. The molecule has 0 saturated heterocycles. The summed E-state index contributed by atoms with van der Waals surface area (Å²) in [5, 5.41) is 3.02. The molecule has 0 spiro atoms. The summed E-state index contributed by atoms with van der Waals surface area (Å²) in [7, 11) is 1.34. The molecule has 0 fully saturated rings. The Morgan fingerprint density at radius 3 is 2.52 bits per heavy atom. The number of anilines is 1. The van der Waals surface area contributed by atoms with Crippen LogP contribution in [0.1, 0.15) is 22.7 Å². The molecule has 0 aliphatic rings. The number of benzene rings is 2. The zero-order chi connectivity index (χ0) is 15.4. The van der Waals surface area contributed by atoms with E-state index in [1.165, 1.54) is 19.2 Å². The minimum atomic E-state index is -0.670. The van der Waals surface area contributed by atoms with Crippen molar-refractivity contribution in [1.82, 2.24) is 0 Å². The van der Waals surface area contributed by atoms with Crippen molar-refractivity contribution in [1.29, 1.82) is 0 Å². The second-order valence-corrected chi connectivity index (χ2v) is 4.95. The molecule has 1 unspecified atom stereocenters. The predicted octanol–water partition coefficient (Wildman–Crippen LogP) is 3.77. The minimum absolute atomic E-state index is 0.358. The largest absolute Gasteiger partial charge is 0.467 e. The standard InChI is InChI=1S/C17H18FNO2/c1-11-7-8-13(9-12(11)2)16(17(20)21-3)19-15-6-4-5-14(18)10-15/h4-10,16,19H,1-3H3. The van der Waals surface area contributed by atoms with Gasteiger partial charge in [0.15, 0.2) is 6.04 Å². The van der Waals surface area contributed by atoms with Crippen molar-refractivity contribution in [3.8, 4) is 0 Å². The molecule has 0 aliphatic carbocycles. The average Bonchev–Trinajstić information content (AvgIpc) is 2.47. The average molecular weight is 287 g/mol. The van der Waals surface area contributed by atoms with E-state index in [1.807, 2.05) is 32.0 Å². The Morgan fingerprint density at radius 2 is 1.90 bits per heavy atom. The molecule has 0 radical (unpaired) electrons. The minimum Gasteiger partial charge on any atom is -0.467 e. The number of rotatable bonds is 4. The molecule has 3 nitrogen and oxygen atoms in total. The maximum Gasteiger partial charge on any atom is 0.332 e. The van der Waals surface area contributed by atoms with Gasteiger partial charge in [0.1, 0.15) is 5.82 Å². The Labute approximate surface area is 123 Å². The van der Waals surface area contributed by atoms with E-state index in [0.29, 0.717) is 5.69 Å². The number of hydrogen-bond acceptors (Lipinski definition) is 3. The summed E-state index contributed by atoms with van der Waals surface area (Å²) in [6, 6.07) is 11.1. The van der Waals surface area contributed by atoms with Gasteiger partial charge >= 0.3 is 5.97 Å². The molecule has 2 rings (SSSR count). The first-order valence-corrected chi connectivity index (χ1v) is 6.68. The molecule has 1 N–H and O–H groups in total. The fourth-order valence-corrected chi connectivity index (χ4v) is 2.09. The van der Waals surface area contributed by atoms with Gasteiger partial charge in [0, 0.05) is 5.69 Å². The van der Waals surface area contributed by atoms with E-state index in [9.17, 15) is 9.18 Å². The molecule has 0 bridgehead atoms. The van der Waals surface area contributed by atoms with Gasteiger partial charge in [0.2, 0.25) is 0 Å². The Hall–Kier alpha value is -2.36. The zero-order valence-corrected chi connectivity index (χ0v) is 12.3. The zero-order valence-electron chi connectivity index (χ0n) is 12.3. The van der Waals surface area contributed by atoms with E-state index >= 15 is 0 Å². The van der Waals surface area contributed by atoms with Crippen molar-refractivity contribution in [3.63, 3.8) is 0 Å². The van der Waals surface area contributed by atoms with Crippen molar-refractivity contribution in [3.05, 3.63) is 65.0 Å². The lowest BCUT2D eigenvalue weighted by Gasteiger charge is -2.19. The topological polar surface area (TPSA) is 38.3 Å². The number of nitrogens with one attached hydrogen (secondary N) is 1. The third-order valence-corrected chi connectivity index (χ3v) is 3.44.